The molecule has 0 bridgehead atoms. The Bertz CT molecular complexity index is 162. The van der Waals surface area contributed by atoms with Gasteiger partial charge < -0.3 is 15.3 Å². The van der Waals surface area contributed by atoms with E-state index in [4.69, 9.17) is 0 Å². The molecule has 0 amide bonds. The lowest BCUT2D eigenvalue weighted by atomic mass is 9.92. The average Bonchev–Trinajstić information content (AvgIpc) is 2.19. The van der Waals surface area contributed by atoms with Gasteiger partial charge >= 0.3 is 0 Å². The molecule has 0 radical (unpaired) electrons. The van der Waals surface area contributed by atoms with Crippen molar-refractivity contribution in [3.05, 3.63) is 0 Å². The minimum Gasteiger partial charge on any atom is -0.390 e. The van der Waals surface area contributed by atoms with Crippen molar-refractivity contribution in [2.75, 3.05) is 32.7 Å². The fourth-order valence-corrected chi connectivity index (χ4v) is 1.58. The Hall–Kier alpha value is -0.120. The summed E-state index contributed by atoms with van der Waals surface area (Å²) in [6.45, 7) is 15.4. The maximum Gasteiger partial charge on any atom is 0.0791 e. The minimum atomic E-state index is -0.250. The first-order valence-corrected chi connectivity index (χ1v) is 6.50. The molecule has 3 nitrogen and oxygen atoms in total. The molecule has 0 aliphatic carbocycles. The maximum absolute atomic E-state index is 9.81. The van der Waals surface area contributed by atoms with Gasteiger partial charge in [0.05, 0.1) is 6.10 Å². The van der Waals surface area contributed by atoms with E-state index in [9.17, 15) is 5.11 Å². The van der Waals surface area contributed by atoms with Crippen molar-refractivity contribution in [1.82, 2.24) is 10.2 Å². The van der Waals surface area contributed by atoms with Crippen molar-refractivity contribution in [1.29, 1.82) is 0 Å². The van der Waals surface area contributed by atoms with Crippen LogP contribution in [0.2, 0.25) is 0 Å². The van der Waals surface area contributed by atoms with E-state index in [-0.39, 0.29) is 6.10 Å². The summed E-state index contributed by atoms with van der Waals surface area (Å²) in [5.74, 6) is 0. The summed E-state index contributed by atoms with van der Waals surface area (Å²) < 4.78 is 0. The predicted octanol–water partition coefficient (Wildman–Crippen LogP) is 1.71. The fraction of sp³-hybridized carbons (Fsp3) is 1.00. The number of aliphatic hydroxyl groups is 1. The quantitative estimate of drug-likeness (QED) is 0.623. The van der Waals surface area contributed by atoms with Gasteiger partial charge in [-0.05, 0) is 31.5 Å². The van der Waals surface area contributed by atoms with Crippen LogP contribution in [0.1, 0.15) is 41.0 Å². The molecule has 0 fully saturated rings. The second kappa shape index (κ2) is 8.04. The van der Waals surface area contributed by atoms with E-state index in [1.807, 2.05) is 0 Å². The van der Waals surface area contributed by atoms with E-state index in [0.717, 1.165) is 32.6 Å². The molecule has 1 unspecified atom stereocenters. The highest BCUT2D eigenvalue weighted by Crippen LogP contribution is 2.16. The molecular formula is C13H30N2O. The Kier molecular flexibility index (Phi) is 7.98. The van der Waals surface area contributed by atoms with Crippen molar-refractivity contribution >= 4 is 0 Å². The first-order valence-electron chi connectivity index (χ1n) is 6.50. The highest BCUT2D eigenvalue weighted by atomic mass is 16.3. The summed E-state index contributed by atoms with van der Waals surface area (Å²) in [6.07, 6.45) is 0.894. The first-order chi connectivity index (χ1) is 7.39. The summed E-state index contributed by atoms with van der Waals surface area (Å²) in [5, 5.41) is 13.1. The fourth-order valence-electron chi connectivity index (χ4n) is 1.58. The number of rotatable bonds is 8. The smallest absolute Gasteiger partial charge is 0.0791 e. The maximum atomic E-state index is 9.81. The number of likely N-dealkylation sites (N-methyl/N-ethyl adjacent to an activating group) is 1. The zero-order valence-corrected chi connectivity index (χ0v) is 11.7. The monoisotopic (exact) mass is 230 g/mol. The van der Waals surface area contributed by atoms with Gasteiger partial charge in [-0.3, -0.25) is 0 Å². The van der Waals surface area contributed by atoms with Crippen LogP contribution in [-0.2, 0) is 0 Å². The van der Waals surface area contributed by atoms with Crippen LogP contribution < -0.4 is 5.32 Å². The zero-order chi connectivity index (χ0) is 12.6. The lowest BCUT2D eigenvalue weighted by Gasteiger charge is -2.23. The Morgan fingerprint density at radius 1 is 1.19 bits per heavy atom. The van der Waals surface area contributed by atoms with Crippen LogP contribution >= 0.6 is 0 Å². The van der Waals surface area contributed by atoms with Crippen molar-refractivity contribution in [2.45, 2.75) is 47.1 Å². The molecule has 2 N–H and O–H groups in total. The zero-order valence-electron chi connectivity index (χ0n) is 11.7. The van der Waals surface area contributed by atoms with Crippen molar-refractivity contribution in [2.24, 2.45) is 5.41 Å². The number of hydrogen-bond acceptors (Lipinski definition) is 3. The SMILES string of the molecule is CCN(CC)CC(O)CNCCC(C)(C)C. The molecule has 0 rings (SSSR count). The van der Waals surface area contributed by atoms with Gasteiger partial charge in [0.2, 0.25) is 0 Å². The second-order valence-corrected chi connectivity index (χ2v) is 5.65. The topological polar surface area (TPSA) is 35.5 Å². The summed E-state index contributed by atoms with van der Waals surface area (Å²) in [5.41, 5.74) is 0.372. The third kappa shape index (κ3) is 9.13. The normalized spacial score (nSPS) is 14.4. The number of aliphatic hydroxyl groups excluding tert-OH is 1. The predicted molar refractivity (Wildman–Crippen MR) is 70.7 cm³/mol. The summed E-state index contributed by atoms with van der Waals surface area (Å²) in [4.78, 5) is 2.25. The van der Waals surface area contributed by atoms with Gasteiger partial charge in [0, 0.05) is 13.1 Å². The molecule has 0 aliphatic heterocycles. The molecule has 0 aromatic carbocycles. The molecule has 1 atom stereocenters. The van der Waals surface area contributed by atoms with Gasteiger partial charge in [0.15, 0.2) is 0 Å². The summed E-state index contributed by atoms with van der Waals surface area (Å²) in [7, 11) is 0. The Labute approximate surface area is 101 Å². The van der Waals surface area contributed by atoms with Gasteiger partial charge in [0.25, 0.3) is 0 Å². The standard InChI is InChI=1S/C13H30N2O/c1-6-15(7-2)11-12(16)10-14-9-8-13(3,4)5/h12,14,16H,6-11H2,1-5H3. The lowest BCUT2D eigenvalue weighted by Crippen LogP contribution is -2.38. The molecular weight excluding hydrogens is 200 g/mol. The Morgan fingerprint density at radius 3 is 2.19 bits per heavy atom. The van der Waals surface area contributed by atoms with Crippen LogP contribution in [0.4, 0.5) is 0 Å². The van der Waals surface area contributed by atoms with Crippen LogP contribution in [0.3, 0.4) is 0 Å². The van der Waals surface area contributed by atoms with Gasteiger partial charge in [-0.25, -0.2) is 0 Å². The van der Waals surface area contributed by atoms with Crippen molar-refractivity contribution in [3.63, 3.8) is 0 Å². The Morgan fingerprint density at radius 2 is 1.75 bits per heavy atom. The number of nitrogens with zero attached hydrogens (tertiary/aromatic N) is 1. The molecule has 98 valence electrons. The van der Waals surface area contributed by atoms with E-state index < -0.39 is 0 Å². The van der Waals surface area contributed by atoms with Gasteiger partial charge in [0.1, 0.15) is 0 Å². The molecule has 0 spiro atoms. The molecule has 0 saturated heterocycles. The minimum absolute atomic E-state index is 0.250. The summed E-state index contributed by atoms with van der Waals surface area (Å²) >= 11 is 0. The van der Waals surface area contributed by atoms with E-state index in [0.29, 0.717) is 12.0 Å². The van der Waals surface area contributed by atoms with Gasteiger partial charge in [-0.2, -0.15) is 0 Å². The van der Waals surface area contributed by atoms with E-state index >= 15 is 0 Å². The highest BCUT2D eigenvalue weighted by molar-refractivity contribution is 4.67. The third-order valence-corrected chi connectivity index (χ3v) is 2.80. The van der Waals surface area contributed by atoms with Crippen LogP contribution in [0.25, 0.3) is 0 Å². The van der Waals surface area contributed by atoms with E-state index in [1.165, 1.54) is 0 Å². The molecule has 0 aromatic heterocycles. The van der Waals surface area contributed by atoms with Crippen LogP contribution in [0.15, 0.2) is 0 Å². The van der Waals surface area contributed by atoms with E-state index in [2.05, 4.69) is 44.8 Å². The molecule has 3 heteroatoms. The number of nitrogens with one attached hydrogen (secondary N) is 1. The highest BCUT2D eigenvalue weighted by Gasteiger charge is 2.11. The average molecular weight is 230 g/mol. The van der Waals surface area contributed by atoms with Gasteiger partial charge in [-0.15, -0.1) is 0 Å². The van der Waals surface area contributed by atoms with Crippen molar-refractivity contribution < 1.29 is 5.11 Å². The lowest BCUT2D eigenvalue weighted by molar-refractivity contribution is 0.116. The Balaban J connectivity index is 3.54. The van der Waals surface area contributed by atoms with Gasteiger partial charge in [-0.1, -0.05) is 34.6 Å². The largest absolute Gasteiger partial charge is 0.390 e. The molecule has 16 heavy (non-hydrogen) atoms. The molecule has 0 heterocycles. The van der Waals surface area contributed by atoms with Crippen LogP contribution in [0.5, 0.6) is 0 Å². The molecule has 0 aromatic rings. The number of hydrogen-bond donors (Lipinski definition) is 2. The second-order valence-electron chi connectivity index (χ2n) is 5.65. The molecule has 0 saturated carbocycles. The van der Waals surface area contributed by atoms with Crippen LogP contribution in [0, 0.1) is 5.41 Å². The molecule has 0 aliphatic rings. The first kappa shape index (κ1) is 15.9. The van der Waals surface area contributed by atoms with E-state index in [1.54, 1.807) is 0 Å². The van der Waals surface area contributed by atoms with Crippen molar-refractivity contribution in [3.8, 4) is 0 Å². The third-order valence-electron chi connectivity index (χ3n) is 2.80. The summed E-state index contributed by atoms with van der Waals surface area (Å²) in [6, 6.07) is 0. The van der Waals surface area contributed by atoms with Crippen LogP contribution in [-0.4, -0.2) is 48.8 Å².